The number of piperazine rings is 1. The third-order valence-corrected chi connectivity index (χ3v) is 4.21. The number of hydrogen-bond donors (Lipinski definition) is 0. The van der Waals surface area contributed by atoms with Crippen molar-refractivity contribution in [1.82, 2.24) is 9.88 Å². The minimum atomic E-state index is 0.0701. The van der Waals surface area contributed by atoms with E-state index in [1.807, 2.05) is 25.1 Å². The van der Waals surface area contributed by atoms with Crippen LogP contribution in [0.15, 0.2) is 48.8 Å². The molecular formula is C18H22N4O. The molecule has 2 aromatic rings. The van der Waals surface area contributed by atoms with Crippen molar-refractivity contribution >= 4 is 17.3 Å². The molecule has 1 aliphatic rings. The lowest BCUT2D eigenvalue weighted by atomic mass is 10.2. The van der Waals surface area contributed by atoms with Crippen LogP contribution in [0.1, 0.15) is 10.4 Å². The number of aromatic nitrogens is 1. The Labute approximate surface area is 137 Å². The van der Waals surface area contributed by atoms with Gasteiger partial charge in [-0.1, -0.05) is 0 Å². The Morgan fingerprint density at radius 2 is 1.74 bits per heavy atom. The molecule has 1 saturated heterocycles. The molecule has 5 nitrogen and oxygen atoms in total. The molecule has 1 fully saturated rings. The molecule has 1 amide bonds. The average Bonchev–Trinajstić information content (AvgIpc) is 2.62. The fourth-order valence-corrected chi connectivity index (χ4v) is 2.80. The summed E-state index contributed by atoms with van der Waals surface area (Å²) in [7, 11) is 4.08. The topological polar surface area (TPSA) is 39.7 Å². The molecule has 5 heteroatoms. The molecule has 23 heavy (non-hydrogen) atoms. The largest absolute Gasteiger partial charge is 0.378 e. The van der Waals surface area contributed by atoms with Gasteiger partial charge in [-0.2, -0.15) is 0 Å². The van der Waals surface area contributed by atoms with Crippen molar-refractivity contribution in [1.29, 1.82) is 0 Å². The Morgan fingerprint density at radius 3 is 2.30 bits per heavy atom. The van der Waals surface area contributed by atoms with E-state index in [0.29, 0.717) is 5.56 Å². The van der Waals surface area contributed by atoms with Crippen molar-refractivity contribution in [2.45, 2.75) is 0 Å². The van der Waals surface area contributed by atoms with Gasteiger partial charge in [-0.15, -0.1) is 0 Å². The second-order valence-electron chi connectivity index (χ2n) is 5.93. The predicted molar refractivity (Wildman–Crippen MR) is 93.1 cm³/mol. The van der Waals surface area contributed by atoms with Gasteiger partial charge in [0.2, 0.25) is 0 Å². The van der Waals surface area contributed by atoms with Gasteiger partial charge in [0.05, 0.1) is 5.56 Å². The molecule has 1 aromatic heterocycles. The lowest BCUT2D eigenvalue weighted by Gasteiger charge is -2.36. The standard InChI is InChI=1S/C18H22N4O/c1-20(2)16-5-7-17(8-6-16)21-10-12-22(13-11-21)18(23)15-4-3-9-19-14-15/h3-9,14H,10-13H2,1-2H3. The molecule has 1 aliphatic heterocycles. The van der Waals surface area contributed by atoms with Gasteiger partial charge in [-0.3, -0.25) is 9.78 Å². The van der Waals surface area contributed by atoms with Gasteiger partial charge < -0.3 is 14.7 Å². The number of pyridine rings is 1. The monoisotopic (exact) mass is 310 g/mol. The molecule has 0 N–H and O–H groups in total. The molecule has 3 rings (SSSR count). The highest BCUT2D eigenvalue weighted by molar-refractivity contribution is 5.94. The van der Waals surface area contributed by atoms with Gasteiger partial charge in [0, 0.05) is 64.0 Å². The number of carbonyl (C=O) groups is 1. The first kappa shape index (κ1) is 15.3. The maximum absolute atomic E-state index is 12.4. The minimum Gasteiger partial charge on any atom is -0.378 e. The fraction of sp³-hybridized carbons (Fsp3) is 0.333. The van der Waals surface area contributed by atoms with E-state index in [2.05, 4.69) is 39.0 Å². The summed E-state index contributed by atoms with van der Waals surface area (Å²) in [5.41, 5.74) is 3.07. The third kappa shape index (κ3) is 3.44. The van der Waals surface area contributed by atoms with Crippen LogP contribution in [0, 0.1) is 0 Å². The molecule has 1 aromatic carbocycles. The number of anilines is 2. The van der Waals surface area contributed by atoms with Crippen molar-refractivity contribution < 1.29 is 4.79 Å². The van der Waals surface area contributed by atoms with E-state index in [-0.39, 0.29) is 5.91 Å². The van der Waals surface area contributed by atoms with E-state index in [1.165, 1.54) is 11.4 Å². The van der Waals surface area contributed by atoms with E-state index >= 15 is 0 Å². The molecule has 0 radical (unpaired) electrons. The number of nitrogens with zero attached hydrogens (tertiary/aromatic N) is 4. The average molecular weight is 310 g/mol. The summed E-state index contributed by atoms with van der Waals surface area (Å²) in [6, 6.07) is 12.2. The van der Waals surface area contributed by atoms with Crippen molar-refractivity contribution in [3.05, 3.63) is 54.4 Å². The first-order valence-electron chi connectivity index (χ1n) is 7.87. The van der Waals surface area contributed by atoms with Crippen LogP contribution >= 0.6 is 0 Å². The zero-order chi connectivity index (χ0) is 16.2. The lowest BCUT2D eigenvalue weighted by Crippen LogP contribution is -2.48. The predicted octanol–water partition coefficient (Wildman–Crippen LogP) is 2.11. The number of amides is 1. The summed E-state index contributed by atoms with van der Waals surface area (Å²) in [6.45, 7) is 3.19. The SMILES string of the molecule is CN(C)c1ccc(N2CCN(C(=O)c3cccnc3)CC2)cc1. The van der Waals surface area contributed by atoms with Crippen LogP contribution in [0.2, 0.25) is 0 Å². The number of benzene rings is 1. The van der Waals surface area contributed by atoms with E-state index < -0.39 is 0 Å². The van der Waals surface area contributed by atoms with E-state index in [9.17, 15) is 4.79 Å². The van der Waals surface area contributed by atoms with Crippen LogP contribution in [-0.2, 0) is 0 Å². The van der Waals surface area contributed by atoms with Crippen molar-refractivity contribution in [3.8, 4) is 0 Å². The summed E-state index contributed by atoms with van der Waals surface area (Å²) in [5.74, 6) is 0.0701. The third-order valence-electron chi connectivity index (χ3n) is 4.21. The summed E-state index contributed by atoms with van der Waals surface area (Å²) < 4.78 is 0. The summed E-state index contributed by atoms with van der Waals surface area (Å²) >= 11 is 0. The quantitative estimate of drug-likeness (QED) is 0.870. The fourth-order valence-electron chi connectivity index (χ4n) is 2.80. The zero-order valence-electron chi connectivity index (χ0n) is 13.6. The second kappa shape index (κ2) is 6.69. The normalized spacial score (nSPS) is 14.7. The zero-order valence-corrected chi connectivity index (χ0v) is 13.6. The van der Waals surface area contributed by atoms with Crippen molar-refractivity contribution in [3.63, 3.8) is 0 Å². The molecule has 0 spiro atoms. The molecule has 0 bridgehead atoms. The van der Waals surface area contributed by atoms with Crippen LogP contribution in [0.4, 0.5) is 11.4 Å². The Balaban J connectivity index is 1.61. The van der Waals surface area contributed by atoms with E-state index in [4.69, 9.17) is 0 Å². The van der Waals surface area contributed by atoms with Crippen LogP contribution in [0.5, 0.6) is 0 Å². The van der Waals surface area contributed by atoms with Gasteiger partial charge in [-0.05, 0) is 36.4 Å². The van der Waals surface area contributed by atoms with Crippen LogP contribution in [-0.4, -0.2) is 56.1 Å². The minimum absolute atomic E-state index is 0.0701. The molecule has 0 unspecified atom stereocenters. The molecular weight excluding hydrogens is 288 g/mol. The lowest BCUT2D eigenvalue weighted by molar-refractivity contribution is 0.0746. The Bertz CT molecular complexity index is 646. The summed E-state index contributed by atoms with van der Waals surface area (Å²) in [6.07, 6.45) is 3.32. The van der Waals surface area contributed by atoms with Crippen LogP contribution in [0.3, 0.4) is 0 Å². The molecule has 0 saturated carbocycles. The Morgan fingerprint density at radius 1 is 1.04 bits per heavy atom. The molecule has 0 aliphatic carbocycles. The summed E-state index contributed by atoms with van der Waals surface area (Å²) in [4.78, 5) is 22.8. The van der Waals surface area contributed by atoms with Crippen LogP contribution < -0.4 is 9.80 Å². The van der Waals surface area contributed by atoms with Crippen molar-refractivity contribution in [2.75, 3.05) is 50.1 Å². The highest BCUT2D eigenvalue weighted by Crippen LogP contribution is 2.21. The number of carbonyl (C=O) groups excluding carboxylic acids is 1. The van der Waals surface area contributed by atoms with Gasteiger partial charge in [0.25, 0.3) is 5.91 Å². The van der Waals surface area contributed by atoms with Crippen molar-refractivity contribution in [2.24, 2.45) is 0 Å². The summed E-state index contributed by atoms with van der Waals surface area (Å²) in [5, 5.41) is 0. The second-order valence-corrected chi connectivity index (χ2v) is 5.93. The van der Waals surface area contributed by atoms with Gasteiger partial charge in [0.1, 0.15) is 0 Å². The molecule has 120 valence electrons. The van der Waals surface area contributed by atoms with Crippen LogP contribution in [0.25, 0.3) is 0 Å². The molecule has 0 atom stereocenters. The van der Waals surface area contributed by atoms with E-state index in [0.717, 1.165) is 26.2 Å². The van der Waals surface area contributed by atoms with E-state index in [1.54, 1.807) is 18.5 Å². The first-order valence-corrected chi connectivity index (χ1v) is 7.87. The smallest absolute Gasteiger partial charge is 0.255 e. The molecule has 2 heterocycles. The number of hydrogen-bond acceptors (Lipinski definition) is 4. The Hall–Kier alpha value is -2.56. The number of rotatable bonds is 3. The van der Waals surface area contributed by atoms with Gasteiger partial charge >= 0.3 is 0 Å². The van der Waals surface area contributed by atoms with Gasteiger partial charge in [0.15, 0.2) is 0 Å². The maximum Gasteiger partial charge on any atom is 0.255 e. The van der Waals surface area contributed by atoms with Gasteiger partial charge in [-0.25, -0.2) is 0 Å². The highest BCUT2D eigenvalue weighted by atomic mass is 16.2. The maximum atomic E-state index is 12.4. The highest BCUT2D eigenvalue weighted by Gasteiger charge is 2.22. The Kier molecular flexibility index (Phi) is 4.46. The first-order chi connectivity index (χ1) is 11.1.